The molecule has 1 atom stereocenters. The maximum absolute atomic E-state index is 9.87. The molecule has 0 amide bonds. The van der Waals surface area contributed by atoms with Crippen LogP contribution in [0.4, 0.5) is 0 Å². The van der Waals surface area contributed by atoms with Crippen LogP contribution >= 0.6 is 24.8 Å². The molecule has 0 unspecified atom stereocenters. The molecule has 2 rings (SSSR count). The Balaban J connectivity index is 0.00000264. The highest BCUT2D eigenvalue weighted by atomic mass is 35.5. The zero-order valence-electron chi connectivity index (χ0n) is 14.7. The Kier molecular flexibility index (Phi) is 11.2. The minimum Gasteiger partial charge on any atom is -0.508 e. The summed E-state index contributed by atoms with van der Waals surface area (Å²) in [5.41, 5.74) is 1.05. The van der Waals surface area contributed by atoms with E-state index in [4.69, 9.17) is 9.47 Å². The van der Waals surface area contributed by atoms with Crippen molar-refractivity contribution in [3.63, 3.8) is 0 Å². The predicted octanol–water partition coefficient (Wildman–Crippen LogP) is 3.39. The van der Waals surface area contributed by atoms with Gasteiger partial charge in [0.05, 0.1) is 19.8 Å². The summed E-state index contributed by atoms with van der Waals surface area (Å²) >= 11 is 0. The number of piperazine rings is 1. The van der Waals surface area contributed by atoms with E-state index in [-0.39, 0.29) is 36.6 Å². The van der Waals surface area contributed by atoms with Gasteiger partial charge in [0.1, 0.15) is 17.2 Å². The number of methoxy groups -OCH3 is 2. The molecule has 0 bridgehead atoms. The molecule has 1 aliphatic heterocycles. The highest BCUT2D eigenvalue weighted by molar-refractivity contribution is 5.85. The lowest BCUT2D eigenvalue weighted by atomic mass is 9.96. The quantitative estimate of drug-likeness (QED) is 0.758. The van der Waals surface area contributed by atoms with Crippen LogP contribution < -0.4 is 14.8 Å². The van der Waals surface area contributed by atoms with E-state index in [9.17, 15) is 5.11 Å². The highest BCUT2D eigenvalue weighted by Gasteiger charge is 2.28. The molecule has 1 aliphatic rings. The smallest absolute Gasteiger partial charge is 0.131 e. The van der Waals surface area contributed by atoms with Gasteiger partial charge in [0.25, 0.3) is 0 Å². The van der Waals surface area contributed by atoms with Gasteiger partial charge in [-0.15, -0.1) is 24.8 Å². The third-order valence-electron chi connectivity index (χ3n) is 4.29. The molecule has 0 saturated carbocycles. The number of nitrogens with one attached hydrogen (secondary N) is 1. The van der Waals surface area contributed by atoms with Crippen LogP contribution in [-0.2, 0) is 0 Å². The van der Waals surface area contributed by atoms with Crippen LogP contribution in [0.15, 0.2) is 12.1 Å². The van der Waals surface area contributed by atoms with Crippen molar-refractivity contribution in [1.82, 2.24) is 10.2 Å². The first-order valence-electron chi connectivity index (χ1n) is 8.10. The molecule has 1 fully saturated rings. The maximum atomic E-state index is 9.87. The van der Waals surface area contributed by atoms with E-state index in [0.717, 1.165) is 51.0 Å². The second kappa shape index (κ2) is 11.6. The van der Waals surface area contributed by atoms with Gasteiger partial charge in [0.2, 0.25) is 0 Å². The van der Waals surface area contributed by atoms with Crippen LogP contribution in [0.2, 0.25) is 0 Å². The fourth-order valence-corrected chi connectivity index (χ4v) is 3.15. The molecule has 2 N–H and O–H groups in total. The zero-order chi connectivity index (χ0) is 15.9. The average Bonchev–Trinajstić information content (AvgIpc) is 2.56. The number of benzene rings is 1. The predicted molar refractivity (Wildman–Crippen MR) is 102 cm³/mol. The third-order valence-corrected chi connectivity index (χ3v) is 4.29. The van der Waals surface area contributed by atoms with Crippen molar-refractivity contribution in [2.24, 2.45) is 0 Å². The Bertz CT molecular complexity index is 458. The van der Waals surface area contributed by atoms with Crippen molar-refractivity contribution in [2.75, 3.05) is 40.4 Å². The Labute approximate surface area is 157 Å². The van der Waals surface area contributed by atoms with Crippen molar-refractivity contribution < 1.29 is 14.6 Å². The normalized spacial score (nSPS) is 15.8. The Morgan fingerprint density at radius 3 is 2.12 bits per heavy atom. The van der Waals surface area contributed by atoms with Crippen molar-refractivity contribution in [2.45, 2.75) is 32.2 Å². The van der Waals surface area contributed by atoms with Crippen LogP contribution in [0.5, 0.6) is 17.2 Å². The van der Waals surface area contributed by atoms with Gasteiger partial charge >= 0.3 is 0 Å². The van der Waals surface area contributed by atoms with Crippen LogP contribution in [0.3, 0.4) is 0 Å². The van der Waals surface area contributed by atoms with E-state index >= 15 is 0 Å². The molecule has 24 heavy (non-hydrogen) atoms. The Morgan fingerprint density at radius 2 is 1.67 bits per heavy atom. The van der Waals surface area contributed by atoms with E-state index in [0.29, 0.717) is 11.5 Å². The van der Waals surface area contributed by atoms with Crippen LogP contribution in [0, 0.1) is 0 Å². The van der Waals surface area contributed by atoms with Crippen molar-refractivity contribution in [3.8, 4) is 17.2 Å². The molecular weight excluding hydrogens is 351 g/mol. The fourth-order valence-electron chi connectivity index (χ4n) is 3.15. The van der Waals surface area contributed by atoms with E-state index in [1.807, 2.05) is 0 Å². The molecule has 1 heterocycles. The monoisotopic (exact) mass is 380 g/mol. The fraction of sp³-hybridized carbons (Fsp3) is 0.647. The Morgan fingerprint density at radius 1 is 1.12 bits per heavy atom. The van der Waals surface area contributed by atoms with Crippen LogP contribution in [0.25, 0.3) is 0 Å². The summed E-state index contributed by atoms with van der Waals surface area (Å²) < 4.78 is 11.1. The van der Waals surface area contributed by atoms with Gasteiger partial charge in [-0.1, -0.05) is 19.8 Å². The molecular formula is C17H30Cl2N2O3. The first kappa shape index (κ1) is 23.1. The first-order valence-corrected chi connectivity index (χ1v) is 8.10. The molecule has 7 heteroatoms. The second-order valence-electron chi connectivity index (χ2n) is 5.71. The van der Waals surface area contributed by atoms with Crippen LogP contribution in [0.1, 0.15) is 37.8 Å². The lowest BCUT2D eigenvalue weighted by Crippen LogP contribution is -2.45. The minimum absolute atomic E-state index is 0. The summed E-state index contributed by atoms with van der Waals surface area (Å²) in [6.07, 6.45) is 3.38. The standard InChI is InChI=1S/C17H28N2O3.2ClH/c1-4-5-6-14(19-9-7-18-8-10-19)17-15(21-2)11-13(20)12-16(17)22-3;;/h11-12,14,18,20H,4-10H2,1-3H3;2*1H/t14-;;/m1../s1. The number of hydrogen-bond acceptors (Lipinski definition) is 5. The summed E-state index contributed by atoms with van der Waals surface area (Å²) in [6.45, 7) is 6.25. The van der Waals surface area contributed by atoms with Gasteiger partial charge in [-0.05, 0) is 6.42 Å². The SMILES string of the molecule is CCCC[C@H](c1c(OC)cc(O)cc1OC)N1CCNCC1.Cl.Cl. The number of nitrogens with zero attached hydrogens (tertiary/aromatic N) is 1. The topological polar surface area (TPSA) is 54.0 Å². The third kappa shape index (κ3) is 5.59. The number of unbranched alkanes of at least 4 members (excludes halogenated alkanes) is 1. The number of halogens is 2. The lowest BCUT2D eigenvalue weighted by Gasteiger charge is -2.36. The minimum atomic E-state index is 0. The molecule has 0 spiro atoms. The van der Waals surface area contributed by atoms with Crippen molar-refractivity contribution >= 4 is 24.8 Å². The summed E-state index contributed by atoms with van der Waals surface area (Å²) in [5.74, 6) is 1.58. The van der Waals surface area contributed by atoms with E-state index < -0.39 is 0 Å². The molecule has 1 saturated heterocycles. The van der Waals surface area contributed by atoms with Gasteiger partial charge in [0.15, 0.2) is 0 Å². The number of ether oxygens (including phenoxy) is 2. The molecule has 1 aromatic carbocycles. The summed E-state index contributed by atoms with van der Waals surface area (Å²) in [4.78, 5) is 2.49. The number of phenols is 1. The number of rotatable bonds is 7. The van der Waals surface area contributed by atoms with Crippen molar-refractivity contribution in [1.29, 1.82) is 0 Å². The highest BCUT2D eigenvalue weighted by Crippen LogP contribution is 2.42. The average molecular weight is 381 g/mol. The van der Waals surface area contributed by atoms with Gasteiger partial charge < -0.3 is 19.9 Å². The summed E-state index contributed by atoms with van der Waals surface area (Å²) in [6, 6.07) is 3.62. The first-order chi connectivity index (χ1) is 10.7. The molecule has 5 nitrogen and oxygen atoms in total. The van der Waals surface area contributed by atoms with E-state index in [1.165, 1.54) is 0 Å². The molecule has 1 aromatic rings. The molecule has 0 aromatic heterocycles. The van der Waals surface area contributed by atoms with Gasteiger partial charge in [-0.2, -0.15) is 0 Å². The number of phenolic OH excluding ortho intramolecular Hbond substituents is 1. The Hall–Kier alpha value is -0.880. The van der Waals surface area contributed by atoms with Crippen LogP contribution in [-0.4, -0.2) is 50.4 Å². The summed E-state index contributed by atoms with van der Waals surface area (Å²) in [7, 11) is 3.29. The zero-order valence-corrected chi connectivity index (χ0v) is 16.3. The maximum Gasteiger partial charge on any atom is 0.131 e. The van der Waals surface area contributed by atoms with E-state index in [1.54, 1.807) is 26.4 Å². The second-order valence-corrected chi connectivity index (χ2v) is 5.71. The number of hydrogen-bond donors (Lipinski definition) is 2. The van der Waals surface area contributed by atoms with Gasteiger partial charge in [-0.3, -0.25) is 4.90 Å². The van der Waals surface area contributed by atoms with E-state index in [2.05, 4.69) is 17.1 Å². The molecule has 0 aliphatic carbocycles. The van der Waals surface area contributed by atoms with Gasteiger partial charge in [-0.25, -0.2) is 0 Å². The number of aromatic hydroxyl groups is 1. The molecule has 140 valence electrons. The molecule has 0 radical (unpaired) electrons. The lowest BCUT2D eigenvalue weighted by molar-refractivity contribution is 0.157. The van der Waals surface area contributed by atoms with Gasteiger partial charge in [0, 0.05) is 44.4 Å². The largest absolute Gasteiger partial charge is 0.508 e. The van der Waals surface area contributed by atoms with Crippen molar-refractivity contribution in [3.05, 3.63) is 17.7 Å². The summed E-state index contributed by atoms with van der Waals surface area (Å²) in [5, 5.41) is 13.3.